The Balaban J connectivity index is 1.10. The largest absolute Gasteiger partial charge is 0.493 e. The van der Waals surface area contributed by atoms with Crippen molar-refractivity contribution in [2.45, 2.75) is 141 Å². The highest BCUT2D eigenvalue weighted by Gasteiger charge is 2.44. The molecule has 2 fully saturated rings. The zero-order valence-electron chi connectivity index (χ0n) is 56.9. The number of anilines is 2. The van der Waals surface area contributed by atoms with E-state index in [2.05, 4.69) is 26.3 Å². The first kappa shape index (κ1) is 73.5. The van der Waals surface area contributed by atoms with Crippen LogP contribution in [0.2, 0.25) is 0 Å². The van der Waals surface area contributed by atoms with E-state index in [1.165, 1.54) is 67.0 Å². The molecule has 8 amide bonds. The number of pyridine rings is 1. The Morgan fingerprint density at radius 1 is 0.714 bits per heavy atom. The van der Waals surface area contributed by atoms with E-state index in [-0.39, 0.29) is 70.5 Å². The van der Waals surface area contributed by atoms with E-state index in [4.69, 9.17) is 18.9 Å². The molecular formula is C74H89N9O15. The predicted octanol–water partition coefficient (Wildman–Crippen LogP) is 7.67. The van der Waals surface area contributed by atoms with Crippen LogP contribution < -0.4 is 30.7 Å². The number of Topliss-reactive ketones (excluding diaryl/α,β-unsaturated/α-hetero) is 1. The number of hydrogen-bond donors (Lipinski definition) is 4. The van der Waals surface area contributed by atoms with Crippen LogP contribution in [0.5, 0.6) is 11.5 Å². The van der Waals surface area contributed by atoms with E-state index in [0.717, 1.165) is 11.6 Å². The van der Waals surface area contributed by atoms with Crippen molar-refractivity contribution >= 4 is 76.4 Å². The molecule has 2 bridgehead atoms. The third-order valence-corrected chi connectivity index (χ3v) is 17.7. The Morgan fingerprint density at radius 2 is 1.42 bits per heavy atom. The molecule has 0 saturated carbocycles. The number of aromatic nitrogens is 1. The van der Waals surface area contributed by atoms with Gasteiger partial charge in [-0.05, 0) is 148 Å². The molecule has 24 nitrogen and oxygen atoms in total. The molecule has 2 saturated heterocycles. The predicted molar refractivity (Wildman–Crippen MR) is 364 cm³/mol. The number of carbonyl (C=O) groups is 11. The molecule has 24 heteroatoms. The summed E-state index contributed by atoms with van der Waals surface area (Å²) in [7, 11) is 6.13. The zero-order valence-corrected chi connectivity index (χ0v) is 56.9. The van der Waals surface area contributed by atoms with Gasteiger partial charge in [0.2, 0.25) is 41.2 Å². The number of amides is 8. The Kier molecular flexibility index (Phi) is 26.0. The SMILES string of the molecule is COc1ccc(CC[C@H]2OC(=O)[C@@H]3CCCCN3C(=O)C(=O)C(C)(C)COC(=O)/C=C/CCN(C)C(=O)[C@H](CC(C)C)N(C)C(=O)[C@H]3CCCN3C(=O)[C@H](Cc3ccc(C(=O)Nc4cccnc4)cc3)NC(=O)[C@H](c3ccccc3)NC(=O)CCC(=O)Nc3cccc2c3)cc1OC. The number of esters is 2. The monoisotopic (exact) mass is 1340 g/mol. The van der Waals surface area contributed by atoms with Crippen LogP contribution in [0.15, 0.2) is 134 Å². The topological polar surface area (TPSA) is 299 Å². The van der Waals surface area contributed by atoms with Crippen LogP contribution in [0, 0.1) is 11.3 Å². The number of likely N-dealkylation sites (N-methyl/N-ethyl adjacent to an activating group) is 2. The molecule has 0 unspecified atom stereocenters. The summed E-state index contributed by atoms with van der Waals surface area (Å²) in [5.41, 5.74) is 1.73. The fourth-order valence-corrected chi connectivity index (χ4v) is 12.2. The van der Waals surface area contributed by atoms with Gasteiger partial charge in [-0.3, -0.25) is 48.1 Å². The molecule has 6 atom stereocenters. The van der Waals surface area contributed by atoms with Crippen LogP contribution in [-0.4, -0.2) is 168 Å². The Labute approximate surface area is 571 Å². The van der Waals surface area contributed by atoms with Crippen molar-refractivity contribution in [3.05, 3.63) is 162 Å². The fraction of sp³-hybridized carbons (Fsp3) is 0.432. The van der Waals surface area contributed by atoms with Crippen LogP contribution in [0.25, 0.3) is 0 Å². The van der Waals surface area contributed by atoms with Gasteiger partial charge in [-0.1, -0.05) is 80.6 Å². The molecule has 4 N–H and O–H groups in total. The lowest BCUT2D eigenvalue weighted by Gasteiger charge is -2.36. The lowest BCUT2D eigenvalue weighted by atomic mass is 9.87. The van der Waals surface area contributed by atoms with Crippen LogP contribution >= 0.6 is 0 Å². The molecule has 0 spiro atoms. The third-order valence-electron chi connectivity index (χ3n) is 17.7. The number of hydrogen-bond acceptors (Lipinski definition) is 16. The number of nitrogens with zero attached hydrogens (tertiary/aromatic N) is 5. The first-order valence-corrected chi connectivity index (χ1v) is 33.2. The highest BCUT2D eigenvalue weighted by atomic mass is 16.5. The van der Waals surface area contributed by atoms with E-state index >= 15 is 4.79 Å². The normalized spacial score (nSPS) is 22.2. The highest BCUT2D eigenvalue weighted by Crippen LogP contribution is 2.33. The molecule has 1 aromatic heterocycles. The average molecular weight is 1340 g/mol. The minimum atomic E-state index is -1.53. The number of benzene rings is 4. The molecule has 8 rings (SSSR count). The van der Waals surface area contributed by atoms with Gasteiger partial charge in [0.05, 0.1) is 31.5 Å². The summed E-state index contributed by atoms with van der Waals surface area (Å²) in [5, 5.41) is 11.3. The number of nitrogens with one attached hydrogen (secondary N) is 4. The Bertz CT molecular complexity index is 3710. The highest BCUT2D eigenvalue weighted by molar-refractivity contribution is 6.38. The van der Waals surface area contributed by atoms with E-state index in [9.17, 15) is 47.9 Å². The lowest BCUT2D eigenvalue weighted by molar-refractivity contribution is -0.165. The number of rotatable bonds is 12. The molecule has 5 aromatic rings. The van der Waals surface area contributed by atoms with Crippen molar-refractivity contribution in [2.75, 3.05) is 65.2 Å². The van der Waals surface area contributed by atoms with Crippen LogP contribution in [0.4, 0.5) is 11.4 Å². The zero-order chi connectivity index (χ0) is 70.6. The average Bonchev–Trinajstić information content (AvgIpc) is 1.38. The van der Waals surface area contributed by atoms with E-state index in [0.29, 0.717) is 70.8 Å². The van der Waals surface area contributed by atoms with Gasteiger partial charge in [0.25, 0.3) is 11.8 Å². The molecule has 3 aliphatic rings. The second kappa shape index (κ2) is 34.6. The molecule has 0 radical (unpaired) electrons. The van der Waals surface area contributed by atoms with Gasteiger partial charge in [0.15, 0.2) is 11.5 Å². The second-order valence-electron chi connectivity index (χ2n) is 26.0. The standard InChI is InChI=1S/C74H89N9O15/c1-47(2)41-58-70(91)80(5)38-14-13-26-64(86)97-46-74(3,4)66(87)72(93)83-39-15-12-24-57(83)73(94)98-59(33-29-49-30-34-60(95-7)61(43-49)96-8)52-21-16-22-53(44-52)76-62(84)35-36-63(85)79-65(50-19-10-9-11-20-50)68(89)78-55(69(90)82-40-18-25-56(82)71(92)81(58)6)42-48-27-31-51(32-28-48)67(88)77-54-23-17-37-75-45-54/h9-11,13,16-17,19-23,26-28,30-32,34,37,43-45,47,55-59,65H,12,14-15,18,24-25,29,33,35-36,38-42,46H2,1-8H3,(H,76,84)(H,77,88)(H,78,89)(H,79,85)/b26-13+/t55-,56+,57-,58-,59+,65-/m0/s1. The Morgan fingerprint density at radius 3 is 2.13 bits per heavy atom. The lowest BCUT2D eigenvalue weighted by Crippen LogP contribution is -2.58. The first-order chi connectivity index (χ1) is 46.9. The number of aryl methyl sites for hydroxylation is 1. The summed E-state index contributed by atoms with van der Waals surface area (Å²) in [4.78, 5) is 167. The van der Waals surface area contributed by atoms with Crippen molar-refractivity contribution in [3.8, 4) is 11.5 Å². The van der Waals surface area contributed by atoms with Gasteiger partial charge < -0.3 is 59.8 Å². The van der Waals surface area contributed by atoms with E-state index in [1.54, 1.807) is 116 Å². The van der Waals surface area contributed by atoms with Crippen LogP contribution in [0.1, 0.15) is 137 Å². The van der Waals surface area contributed by atoms with Crippen molar-refractivity contribution in [2.24, 2.45) is 11.3 Å². The number of ketones is 1. The molecule has 98 heavy (non-hydrogen) atoms. The number of ether oxygens (including phenoxy) is 4. The number of piperidine rings is 1. The quantitative estimate of drug-likeness (QED) is 0.0688. The number of cyclic esters (lactones) is 2. The number of fused-ring (bicyclic) bond motifs is 4. The maximum Gasteiger partial charge on any atom is 0.330 e. The van der Waals surface area contributed by atoms with Crippen molar-refractivity contribution in [1.82, 2.24) is 35.2 Å². The minimum Gasteiger partial charge on any atom is -0.493 e. The Hall–Kier alpha value is -10.3. The maximum absolute atomic E-state index is 15.3. The van der Waals surface area contributed by atoms with Crippen LogP contribution in [-0.2, 0) is 70.3 Å². The van der Waals surface area contributed by atoms with Gasteiger partial charge in [0.1, 0.15) is 42.9 Å². The van der Waals surface area contributed by atoms with E-state index < -0.39 is 120 Å². The molecule has 3 aliphatic heterocycles. The van der Waals surface area contributed by atoms with Gasteiger partial charge >= 0.3 is 11.9 Å². The van der Waals surface area contributed by atoms with Crippen molar-refractivity contribution in [1.29, 1.82) is 0 Å². The third kappa shape index (κ3) is 19.7. The molecular weight excluding hydrogens is 1250 g/mol. The molecule has 4 aromatic carbocycles. The smallest absolute Gasteiger partial charge is 0.330 e. The summed E-state index contributed by atoms with van der Waals surface area (Å²) in [5.74, 6) is -6.42. The van der Waals surface area contributed by atoms with Gasteiger partial charge in [-0.15, -0.1) is 0 Å². The summed E-state index contributed by atoms with van der Waals surface area (Å²) in [6.07, 6.45) is 6.84. The fourth-order valence-electron chi connectivity index (χ4n) is 12.2. The van der Waals surface area contributed by atoms with E-state index in [1.807, 2.05) is 19.9 Å². The minimum absolute atomic E-state index is 0.0659. The van der Waals surface area contributed by atoms with Crippen LogP contribution in [0.3, 0.4) is 0 Å². The second-order valence-corrected chi connectivity index (χ2v) is 26.0. The number of carbonyl (C=O) groups excluding carboxylic acids is 11. The first-order valence-electron chi connectivity index (χ1n) is 33.2. The summed E-state index contributed by atoms with van der Waals surface area (Å²) < 4.78 is 22.9. The molecule has 4 heterocycles. The number of methoxy groups -OCH3 is 2. The summed E-state index contributed by atoms with van der Waals surface area (Å²) >= 11 is 0. The van der Waals surface area contributed by atoms with Crippen molar-refractivity contribution in [3.63, 3.8) is 0 Å². The van der Waals surface area contributed by atoms with Gasteiger partial charge in [-0.25, -0.2) is 9.59 Å². The van der Waals surface area contributed by atoms with Gasteiger partial charge in [-0.2, -0.15) is 0 Å². The summed E-state index contributed by atoms with van der Waals surface area (Å²) in [6.45, 7) is 6.62. The molecule has 520 valence electrons. The van der Waals surface area contributed by atoms with Gasteiger partial charge in [0, 0.05) is 76.5 Å². The molecule has 0 aliphatic carbocycles. The van der Waals surface area contributed by atoms with Crippen molar-refractivity contribution < 1.29 is 71.7 Å². The maximum atomic E-state index is 15.3. The summed E-state index contributed by atoms with van der Waals surface area (Å²) in [6, 6.07) is 24.3.